The van der Waals surface area contributed by atoms with Gasteiger partial charge in [-0.25, -0.2) is 0 Å². The number of benzene rings is 2. The molecule has 1 unspecified atom stereocenters. The molecular formula is C15H14BrClN2O. The third-order valence-corrected chi connectivity index (χ3v) is 3.93. The molecule has 0 fully saturated rings. The number of anilines is 1. The van der Waals surface area contributed by atoms with E-state index in [0.717, 1.165) is 10.0 Å². The lowest BCUT2D eigenvalue weighted by Gasteiger charge is -2.16. The number of carbonyl (C=O) groups excluding carboxylic acids is 1. The number of nitrogens with two attached hydrogens (primary N) is 1. The molecule has 2 aromatic carbocycles. The molecule has 2 aromatic rings. The van der Waals surface area contributed by atoms with Gasteiger partial charge in [-0.2, -0.15) is 0 Å². The van der Waals surface area contributed by atoms with Crippen molar-refractivity contribution in [2.45, 2.75) is 13.0 Å². The second-order valence-corrected chi connectivity index (χ2v) is 5.74. The van der Waals surface area contributed by atoms with Crippen LogP contribution in [0.2, 0.25) is 5.02 Å². The minimum atomic E-state index is -0.220. The Morgan fingerprint density at radius 3 is 2.65 bits per heavy atom. The molecule has 1 atom stereocenters. The number of amides is 1. The molecule has 0 aliphatic carbocycles. The van der Waals surface area contributed by atoms with Crippen molar-refractivity contribution < 1.29 is 4.79 Å². The molecule has 0 aromatic heterocycles. The maximum atomic E-state index is 12.2. The number of halogens is 2. The summed E-state index contributed by atoms with van der Waals surface area (Å²) in [6, 6.07) is 12.5. The summed E-state index contributed by atoms with van der Waals surface area (Å²) in [7, 11) is 0. The van der Waals surface area contributed by atoms with Gasteiger partial charge in [0, 0.05) is 15.2 Å². The van der Waals surface area contributed by atoms with Crippen LogP contribution in [0.5, 0.6) is 0 Å². The predicted molar refractivity (Wildman–Crippen MR) is 85.9 cm³/mol. The minimum absolute atomic E-state index is 0.131. The molecule has 5 heteroatoms. The van der Waals surface area contributed by atoms with E-state index in [4.69, 9.17) is 17.3 Å². The van der Waals surface area contributed by atoms with Gasteiger partial charge in [0.25, 0.3) is 5.91 Å². The predicted octanol–water partition coefficient (Wildman–Crippen LogP) is 4.18. The van der Waals surface area contributed by atoms with Crippen LogP contribution < -0.4 is 11.1 Å². The van der Waals surface area contributed by atoms with E-state index in [1.54, 1.807) is 18.2 Å². The topological polar surface area (TPSA) is 55.1 Å². The lowest BCUT2D eigenvalue weighted by atomic mass is 10.1. The molecule has 0 radical (unpaired) electrons. The van der Waals surface area contributed by atoms with Gasteiger partial charge in [-0.1, -0.05) is 45.7 Å². The molecule has 104 valence electrons. The van der Waals surface area contributed by atoms with Crippen LogP contribution in [0.25, 0.3) is 0 Å². The molecule has 0 aliphatic heterocycles. The van der Waals surface area contributed by atoms with Crippen LogP contribution >= 0.6 is 27.5 Å². The standard InChI is InChI=1S/C15H14BrClN2O/c1-9(11-4-2-3-5-13(11)16)19-15(20)12-7-6-10(17)8-14(12)18/h2-9H,18H2,1H3,(H,19,20). The third-order valence-electron chi connectivity index (χ3n) is 2.98. The largest absolute Gasteiger partial charge is 0.398 e. The van der Waals surface area contributed by atoms with Gasteiger partial charge in [-0.05, 0) is 36.8 Å². The van der Waals surface area contributed by atoms with E-state index >= 15 is 0 Å². The molecule has 3 N–H and O–H groups in total. The van der Waals surface area contributed by atoms with E-state index in [1.807, 2.05) is 31.2 Å². The summed E-state index contributed by atoms with van der Waals surface area (Å²) in [6.07, 6.45) is 0. The number of hydrogen-bond donors (Lipinski definition) is 2. The smallest absolute Gasteiger partial charge is 0.253 e. The molecule has 3 nitrogen and oxygen atoms in total. The van der Waals surface area contributed by atoms with Crippen molar-refractivity contribution in [3.63, 3.8) is 0 Å². The Kier molecular flexibility index (Phi) is 4.68. The summed E-state index contributed by atoms with van der Waals surface area (Å²) in [5, 5.41) is 3.43. The van der Waals surface area contributed by atoms with Gasteiger partial charge in [0.15, 0.2) is 0 Å². The van der Waals surface area contributed by atoms with E-state index in [1.165, 1.54) is 0 Å². The van der Waals surface area contributed by atoms with Crippen LogP contribution in [-0.2, 0) is 0 Å². The molecule has 0 saturated heterocycles. The molecular weight excluding hydrogens is 340 g/mol. The first-order chi connectivity index (χ1) is 9.49. The number of nitrogen functional groups attached to an aromatic ring is 1. The first-order valence-electron chi connectivity index (χ1n) is 6.09. The van der Waals surface area contributed by atoms with Gasteiger partial charge in [-0.3, -0.25) is 4.79 Å². The Hall–Kier alpha value is -1.52. The summed E-state index contributed by atoms with van der Waals surface area (Å²) in [4.78, 5) is 12.2. The molecule has 20 heavy (non-hydrogen) atoms. The van der Waals surface area contributed by atoms with Crippen LogP contribution in [0, 0.1) is 0 Å². The van der Waals surface area contributed by atoms with Crippen molar-refractivity contribution in [3.8, 4) is 0 Å². The zero-order chi connectivity index (χ0) is 14.7. The number of hydrogen-bond acceptors (Lipinski definition) is 2. The van der Waals surface area contributed by atoms with E-state index in [2.05, 4.69) is 21.2 Å². The summed E-state index contributed by atoms with van der Waals surface area (Å²) in [6.45, 7) is 1.92. The lowest BCUT2D eigenvalue weighted by Crippen LogP contribution is -2.27. The van der Waals surface area contributed by atoms with Crippen LogP contribution in [0.1, 0.15) is 28.9 Å². The van der Waals surface area contributed by atoms with Gasteiger partial charge in [-0.15, -0.1) is 0 Å². The van der Waals surface area contributed by atoms with Crippen LogP contribution in [-0.4, -0.2) is 5.91 Å². The average molecular weight is 354 g/mol. The zero-order valence-electron chi connectivity index (χ0n) is 10.9. The van der Waals surface area contributed by atoms with Crippen molar-refractivity contribution in [2.75, 3.05) is 5.73 Å². The molecule has 0 bridgehead atoms. The van der Waals surface area contributed by atoms with Crippen molar-refractivity contribution >= 4 is 39.1 Å². The zero-order valence-corrected chi connectivity index (χ0v) is 13.2. The summed E-state index contributed by atoms with van der Waals surface area (Å²) in [5.74, 6) is -0.220. The van der Waals surface area contributed by atoms with Crippen molar-refractivity contribution in [2.24, 2.45) is 0 Å². The minimum Gasteiger partial charge on any atom is -0.398 e. The summed E-state index contributed by atoms with van der Waals surface area (Å²) in [5.41, 5.74) is 7.61. The fraction of sp³-hybridized carbons (Fsp3) is 0.133. The Balaban J connectivity index is 2.17. The van der Waals surface area contributed by atoms with Crippen LogP contribution in [0.3, 0.4) is 0 Å². The normalized spacial score (nSPS) is 11.9. The SMILES string of the molecule is CC(NC(=O)c1ccc(Cl)cc1N)c1ccccc1Br. The second kappa shape index (κ2) is 6.29. The Morgan fingerprint density at radius 1 is 1.30 bits per heavy atom. The lowest BCUT2D eigenvalue weighted by molar-refractivity contribution is 0.0940. The third kappa shape index (κ3) is 3.32. The number of carbonyl (C=O) groups is 1. The molecule has 2 rings (SSSR count). The fourth-order valence-corrected chi connectivity index (χ4v) is 2.73. The van der Waals surface area contributed by atoms with Gasteiger partial charge >= 0.3 is 0 Å². The average Bonchev–Trinajstić information content (AvgIpc) is 2.38. The van der Waals surface area contributed by atoms with Gasteiger partial charge in [0.1, 0.15) is 0 Å². The van der Waals surface area contributed by atoms with Crippen molar-refractivity contribution in [3.05, 3.63) is 63.1 Å². The Labute approximate surface area is 131 Å². The highest BCUT2D eigenvalue weighted by molar-refractivity contribution is 9.10. The fourth-order valence-electron chi connectivity index (χ4n) is 1.92. The maximum Gasteiger partial charge on any atom is 0.253 e. The van der Waals surface area contributed by atoms with Crippen molar-refractivity contribution in [1.29, 1.82) is 0 Å². The highest BCUT2D eigenvalue weighted by Crippen LogP contribution is 2.24. The molecule has 0 aliphatic rings. The Morgan fingerprint density at radius 2 is 2.00 bits per heavy atom. The quantitative estimate of drug-likeness (QED) is 0.813. The van der Waals surface area contributed by atoms with Crippen LogP contribution in [0.15, 0.2) is 46.9 Å². The highest BCUT2D eigenvalue weighted by Gasteiger charge is 2.15. The van der Waals surface area contributed by atoms with Crippen LogP contribution in [0.4, 0.5) is 5.69 Å². The summed E-state index contributed by atoms with van der Waals surface area (Å²) >= 11 is 9.30. The van der Waals surface area contributed by atoms with E-state index in [9.17, 15) is 4.79 Å². The first-order valence-corrected chi connectivity index (χ1v) is 7.26. The molecule has 1 amide bonds. The highest BCUT2D eigenvalue weighted by atomic mass is 79.9. The monoisotopic (exact) mass is 352 g/mol. The molecule has 0 spiro atoms. The number of rotatable bonds is 3. The number of nitrogens with one attached hydrogen (secondary N) is 1. The van der Waals surface area contributed by atoms with Gasteiger partial charge in [0.2, 0.25) is 0 Å². The summed E-state index contributed by atoms with van der Waals surface area (Å²) < 4.78 is 0.955. The van der Waals surface area contributed by atoms with E-state index in [-0.39, 0.29) is 11.9 Å². The maximum absolute atomic E-state index is 12.2. The molecule has 0 heterocycles. The van der Waals surface area contributed by atoms with E-state index in [0.29, 0.717) is 16.3 Å². The van der Waals surface area contributed by atoms with Gasteiger partial charge in [0.05, 0.1) is 11.6 Å². The van der Waals surface area contributed by atoms with E-state index < -0.39 is 0 Å². The first kappa shape index (κ1) is 14.9. The van der Waals surface area contributed by atoms with Crippen molar-refractivity contribution in [1.82, 2.24) is 5.32 Å². The second-order valence-electron chi connectivity index (χ2n) is 4.45. The van der Waals surface area contributed by atoms with Gasteiger partial charge < -0.3 is 11.1 Å². The molecule has 0 saturated carbocycles. The Bertz CT molecular complexity index is 646.